The van der Waals surface area contributed by atoms with Gasteiger partial charge in [0.1, 0.15) is 5.60 Å². The Morgan fingerprint density at radius 1 is 1.27 bits per heavy atom. The van der Waals surface area contributed by atoms with Gasteiger partial charge in [-0.25, -0.2) is 8.42 Å². The van der Waals surface area contributed by atoms with Gasteiger partial charge >= 0.3 is 0 Å². The van der Waals surface area contributed by atoms with Gasteiger partial charge in [-0.1, -0.05) is 0 Å². The zero-order valence-corrected chi connectivity index (χ0v) is 10.9. The highest BCUT2D eigenvalue weighted by Gasteiger charge is 2.25. The van der Waals surface area contributed by atoms with Gasteiger partial charge in [0.15, 0.2) is 9.84 Å². The van der Waals surface area contributed by atoms with Crippen LogP contribution in [0.25, 0.3) is 0 Å². The molecule has 0 radical (unpaired) electrons. The van der Waals surface area contributed by atoms with Crippen LogP contribution in [0.4, 0.5) is 0 Å². The zero-order chi connectivity index (χ0) is 11.7. The second-order valence-corrected chi connectivity index (χ2v) is 7.27. The lowest BCUT2D eigenvalue weighted by atomic mass is 10.2. The third kappa shape index (κ3) is 4.34. The molecule has 0 aliphatic carbocycles. The van der Waals surface area contributed by atoms with E-state index in [9.17, 15) is 8.42 Å². The summed E-state index contributed by atoms with van der Waals surface area (Å²) in [6.45, 7) is 6.63. The molecule has 4 nitrogen and oxygen atoms in total. The Morgan fingerprint density at radius 2 is 1.73 bits per heavy atom. The molecule has 0 bridgehead atoms. The van der Waals surface area contributed by atoms with Crippen LogP contribution in [0.15, 0.2) is 0 Å². The SMILES string of the molecule is CC(C)(C)OC(=S)N1CCS(=O)(=O)CC1. The first-order chi connectivity index (χ1) is 6.70. The van der Waals surface area contributed by atoms with Crippen LogP contribution in [0.3, 0.4) is 0 Å². The molecule has 1 aliphatic rings. The normalized spacial score (nSPS) is 21.1. The van der Waals surface area contributed by atoms with E-state index in [0.29, 0.717) is 18.3 Å². The maximum Gasteiger partial charge on any atom is 0.259 e. The lowest BCUT2D eigenvalue weighted by Gasteiger charge is -2.32. The van der Waals surface area contributed by atoms with Gasteiger partial charge in [-0.05, 0) is 33.0 Å². The second kappa shape index (κ2) is 4.25. The van der Waals surface area contributed by atoms with E-state index in [1.165, 1.54) is 0 Å². The summed E-state index contributed by atoms with van der Waals surface area (Å²) in [6, 6.07) is 0. The molecule has 15 heavy (non-hydrogen) atoms. The van der Waals surface area contributed by atoms with Crippen molar-refractivity contribution >= 4 is 27.2 Å². The van der Waals surface area contributed by atoms with Gasteiger partial charge < -0.3 is 9.64 Å². The molecule has 1 heterocycles. The summed E-state index contributed by atoms with van der Waals surface area (Å²) < 4.78 is 27.9. The van der Waals surface area contributed by atoms with Crippen LogP contribution in [-0.2, 0) is 14.6 Å². The van der Waals surface area contributed by atoms with Crippen molar-refractivity contribution in [2.45, 2.75) is 26.4 Å². The van der Waals surface area contributed by atoms with Crippen molar-refractivity contribution in [3.8, 4) is 0 Å². The highest BCUT2D eigenvalue weighted by Crippen LogP contribution is 2.12. The predicted octanol–water partition coefficient (Wildman–Crippen LogP) is 0.817. The molecule has 0 spiro atoms. The van der Waals surface area contributed by atoms with Crippen molar-refractivity contribution in [2.75, 3.05) is 24.6 Å². The van der Waals surface area contributed by atoms with Gasteiger partial charge in [-0.3, -0.25) is 0 Å². The summed E-state index contributed by atoms with van der Waals surface area (Å²) in [6.07, 6.45) is 0. The summed E-state index contributed by atoms with van der Waals surface area (Å²) in [4.78, 5) is 1.81. The minimum atomic E-state index is -2.85. The predicted molar refractivity (Wildman–Crippen MR) is 63.7 cm³/mol. The Morgan fingerprint density at radius 3 is 2.13 bits per heavy atom. The highest BCUT2D eigenvalue weighted by atomic mass is 32.2. The summed E-state index contributed by atoms with van der Waals surface area (Å²) >= 11 is 5.11. The van der Waals surface area contributed by atoms with Crippen molar-refractivity contribution < 1.29 is 13.2 Å². The number of hydrogen-bond donors (Lipinski definition) is 0. The smallest absolute Gasteiger partial charge is 0.259 e. The molecule has 1 aliphatic heterocycles. The molecule has 6 heteroatoms. The molecule has 0 amide bonds. The molecule has 88 valence electrons. The molecule has 1 saturated heterocycles. The fourth-order valence-corrected chi connectivity index (χ4v) is 2.86. The Hall–Kier alpha value is -0.360. The zero-order valence-electron chi connectivity index (χ0n) is 9.32. The number of thiocarbonyl (C=S) groups is 1. The van der Waals surface area contributed by atoms with Crippen molar-refractivity contribution in [1.82, 2.24) is 4.90 Å². The molecular weight excluding hydrogens is 234 g/mol. The highest BCUT2D eigenvalue weighted by molar-refractivity contribution is 7.91. The molecule has 1 rings (SSSR count). The molecular formula is C9H17NO3S2. The molecule has 0 unspecified atom stereocenters. The van der Waals surface area contributed by atoms with Crippen molar-refractivity contribution in [3.63, 3.8) is 0 Å². The number of nitrogens with zero attached hydrogens (tertiary/aromatic N) is 1. The maximum atomic E-state index is 11.2. The lowest BCUT2D eigenvalue weighted by molar-refractivity contribution is 0.0953. The van der Waals surface area contributed by atoms with Crippen molar-refractivity contribution in [3.05, 3.63) is 0 Å². The number of sulfone groups is 1. The Bertz CT molecular complexity index is 329. The van der Waals surface area contributed by atoms with Crippen LogP contribution in [0.1, 0.15) is 20.8 Å². The third-order valence-corrected chi connectivity index (χ3v) is 3.95. The van der Waals surface area contributed by atoms with Gasteiger partial charge in [0.25, 0.3) is 5.17 Å². The van der Waals surface area contributed by atoms with Gasteiger partial charge in [-0.15, -0.1) is 0 Å². The fourth-order valence-electron chi connectivity index (χ4n) is 1.22. The molecule has 1 fully saturated rings. The molecule has 0 saturated carbocycles. The molecule has 0 aromatic heterocycles. The van der Waals surface area contributed by atoms with Crippen LogP contribution in [0.2, 0.25) is 0 Å². The summed E-state index contributed by atoms with van der Waals surface area (Å²) in [7, 11) is -2.85. The standard InChI is InChI=1S/C9H17NO3S2/c1-9(2,3)13-8(14)10-4-6-15(11,12)7-5-10/h4-7H2,1-3H3. The number of rotatable bonds is 0. The van der Waals surface area contributed by atoms with Crippen LogP contribution < -0.4 is 0 Å². The quantitative estimate of drug-likeness (QED) is 0.596. The number of hydrogen-bond acceptors (Lipinski definition) is 4. The summed E-state index contributed by atoms with van der Waals surface area (Å²) in [5, 5.41) is 0.400. The molecule has 0 atom stereocenters. The van der Waals surface area contributed by atoms with Gasteiger partial charge in [0.05, 0.1) is 11.5 Å². The van der Waals surface area contributed by atoms with E-state index in [-0.39, 0.29) is 17.1 Å². The van der Waals surface area contributed by atoms with Crippen LogP contribution >= 0.6 is 12.2 Å². The monoisotopic (exact) mass is 251 g/mol. The minimum absolute atomic E-state index is 0.167. The van der Waals surface area contributed by atoms with E-state index >= 15 is 0 Å². The van der Waals surface area contributed by atoms with Gasteiger partial charge in [-0.2, -0.15) is 0 Å². The largest absolute Gasteiger partial charge is 0.465 e. The Labute approximate surface area is 96.5 Å². The summed E-state index contributed by atoms with van der Waals surface area (Å²) in [5.74, 6) is 0.335. The summed E-state index contributed by atoms with van der Waals surface area (Å²) in [5.41, 5.74) is -0.326. The van der Waals surface area contributed by atoms with E-state index in [2.05, 4.69) is 0 Å². The third-order valence-electron chi connectivity index (χ3n) is 2.00. The Kier molecular flexibility index (Phi) is 3.60. The van der Waals surface area contributed by atoms with Crippen LogP contribution in [0, 0.1) is 0 Å². The fraction of sp³-hybridized carbons (Fsp3) is 0.889. The number of ether oxygens (including phenoxy) is 1. The van der Waals surface area contributed by atoms with Gasteiger partial charge in [0.2, 0.25) is 0 Å². The first-order valence-corrected chi connectivity index (χ1v) is 7.11. The Balaban J connectivity index is 2.51. The van der Waals surface area contributed by atoms with Gasteiger partial charge in [0, 0.05) is 13.1 Å². The van der Waals surface area contributed by atoms with E-state index in [0.717, 1.165) is 0 Å². The topological polar surface area (TPSA) is 46.6 Å². The maximum absolute atomic E-state index is 11.2. The first-order valence-electron chi connectivity index (χ1n) is 4.88. The molecule has 0 N–H and O–H groups in total. The van der Waals surface area contributed by atoms with E-state index in [1.54, 1.807) is 0 Å². The second-order valence-electron chi connectivity index (χ2n) is 4.62. The van der Waals surface area contributed by atoms with E-state index < -0.39 is 9.84 Å². The average Bonchev–Trinajstić information content (AvgIpc) is 2.00. The lowest BCUT2D eigenvalue weighted by Crippen LogP contribution is -2.45. The minimum Gasteiger partial charge on any atom is -0.465 e. The molecule has 0 aromatic carbocycles. The van der Waals surface area contributed by atoms with Crippen LogP contribution in [-0.4, -0.2) is 48.7 Å². The van der Waals surface area contributed by atoms with Crippen molar-refractivity contribution in [2.24, 2.45) is 0 Å². The first kappa shape index (κ1) is 12.7. The van der Waals surface area contributed by atoms with E-state index in [1.807, 2.05) is 25.7 Å². The van der Waals surface area contributed by atoms with E-state index in [4.69, 9.17) is 17.0 Å². The van der Waals surface area contributed by atoms with Crippen molar-refractivity contribution in [1.29, 1.82) is 0 Å². The van der Waals surface area contributed by atoms with Crippen LogP contribution in [0.5, 0.6) is 0 Å². The average molecular weight is 251 g/mol. The molecule has 0 aromatic rings.